The third-order valence-corrected chi connectivity index (χ3v) is 1.08. The smallest absolute Gasteiger partial charge is 0.0712 e. The molecule has 0 unspecified atom stereocenters. The largest absolute Gasteiger partial charge is 0.391 e. The Balaban J connectivity index is 3.61. The fraction of sp³-hybridized carbons (Fsp3) is 0.400. The molecule has 0 aliphatic heterocycles. The minimum atomic E-state index is 0.0486. The second kappa shape index (κ2) is 3.87. The van der Waals surface area contributed by atoms with Crippen LogP contribution < -0.4 is 0 Å². The molecule has 0 aromatic heterocycles. The lowest BCUT2D eigenvalue weighted by Gasteiger charge is -1.88. The average Bonchev–Trinajstić information content (AvgIpc) is 1.72. The molecule has 1 N–H and O–H groups in total. The van der Waals surface area contributed by atoms with Crippen LogP contribution in [0.2, 0.25) is 6.04 Å². The summed E-state index contributed by atoms with van der Waals surface area (Å²) in [7, 11) is 3.18. The van der Waals surface area contributed by atoms with Crippen LogP contribution in [0.25, 0.3) is 0 Å². The highest BCUT2D eigenvalue weighted by atomic mass is 28.1. The van der Waals surface area contributed by atoms with Crippen LogP contribution in [0.15, 0.2) is 17.9 Å². The first kappa shape index (κ1) is 6.70. The van der Waals surface area contributed by atoms with Crippen molar-refractivity contribution in [2.75, 3.05) is 6.61 Å². The Morgan fingerprint density at radius 3 is 2.43 bits per heavy atom. The zero-order valence-corrected chi connectivity index (χ0v) is 5.07. The Morgan fingerprint density at radius 2 is 2.43 bits per heavy atom. The fourth-order valence-electron chi connectivity index (χ4n) is 0.174. The molecule has 0 amide bonds. The van der Waals surface area contributed by atoms with E-state index in [1.807, 2.05) is 0 Å². The fourth-order valence-corrected chi connectivity index (χ4v) is 0.411. The highest BCUT2D eigenvalue weighted by Gasteiger charge is 1.83. The topological polar surface area (TPSA) is 20.2 Å². The summed E-state index contributed by atoms with van der Waals surface area (Å²) < 4.78 is 0. The lowest BCUT2D eigenvalue weighted by Crippen LogP contribution is -1.85. The first-order valence-corrected chi connectivity index (χ1v) is 2.69. The third-order valence-electron chi connectivity index (χ3n) is 0.654. The van der Waals surface area contributed by atoms with Crippen molar-refractivity contribution in [3.05, 3.63) is 17.9 Å². The highest BCUT2D eigenvalue weighted by molar-refractivity contribution is 6.10. The normalized spacial score (nSPS) is 7.71. The summed E-state index contributed by atoms with van der Waals surface area (Å²) >= 11 is 0. The van der Waals surface area contributed by atoms with Crippen molar-refractivity contribution >= 4 is 10.2 Å². The molecule has 3 radical (unpaired) electrons. The van der Waals surface area contributed by atoms with Gasteiger partial charge in [-0.1, -0.05) is 6.58 Å². The predicted molar refractivity (Wildman–Crippen MR) is 30.3 cm³/mol. The first-order chi connectivity index (χ1) is 3.35. The summed E-state index contributed by atoms with van der Waals surface area (Å²) in [5.74, 6) is 0. The average molecular weight is 111 g/mol. The molecule has 0 aliphatic carbocycles. The molecule has 0 aromatic rings. The summed E-state index contributed by atoms with van der Waals surface area (Å²) in [6, 6.07) is 0.653. The summed E-state index contributed by atoms with van der Waals surface area (Å²) in [5, 5.41) is 8.36. The Kier molecular flexibility index (Phi) is 3.70. The van der Waals surface area contributed by atoms with Gasteiger partial charge >= 0.3 is 0 Å². The third kappa shape index (κ3) is 2.40. The molecule has 0 fully saturated rings. The number of aliphatic hydroxyl groups excluding tert-OH is 1. The van der Waals surface area contributed by atoms with E-state index in [1.54, 1.807) is 0 Å². The van der Waals surface area contributed by atoms with Gasteiger partial charge in [0.15, 0.2) is 0 Å². The van der Waals surface area contributed by atoms with Crippen molar-refractivity contribution in [3.63, 3.8) is 0 Å². The zero-order chi connectivity index (χ0) is 5.70. The summed E-state index contributed by atoms with van der Waals surface area (Å²) in [6.07, 6.45) is 0. The van der Waals surface area contributed by atoms with Crippen LogP contribution in [0.4, 0.5) is 0 Å². The van der Waals surface area contributed by atoms with Crippen molar-refractivity contribution in [1.29, 1.82) is 0 Å². The molecule has 1 nitrogen and oxygen atoms in total. The molecule has 0 saturated carbocycles. The van der Waals surface area contributed by atoms with Crippen LogP contribution in [-0.2, 0) is 0 Å². The van der Waals surface area contributed by atoms with Gasteiger partial charge in [-0.15, -0.1) is 5.73 Å². The monoisotopic (exact) mass is 111 g/mol. The Hall–Kier alpha value is -0.303. The van der Waals surface area contributed by atoms with E-state index >= 15 is 0 Å². The summed E-state index contributed by atoms with van der Waals surface area (Å²) in [4.78, 5) is 0. The van der Waals surface area contributed by atoms with Crippen LogP contribution in [0.1, 0.15) is 0 Å². The van der Waals surface area contributed by atoms with Crippen molar-refractivity contribution in [2.45, 2.75) is 6.04 Å². The van der Waals surface area contributed by atoms with Crippen LogP contribution in [0.5, 0.6) is 0 Å². The molecule has 0 spiro atoms. The van der Waals surface area contributed by atoms with Gasteiger partial charge in [-0.25, -0.2) is 0 Å². The van der Waals surface area contributed by atoms with Crippen molar-refractivity contribution in [2.24, 2.45) is 0 Å². The van der Waals surface area contributed by atoms with Gasteiger partial charge in [0, 0.05) is 10.2 Å². The van der Waals surface area contributed by atoms with Gasteiger partial charge in [-0.2, -0.15) is 0 Å². The molecule has 0 atom stereocenters. The number of aliphatic hydroxyl groups is 1. The lowest BCUT2D eigenvalue weighted by molar-refractivity contribution is 0.332. The minimum absolute atomic E-state index is 0.0486. The molecule has 37 valence electrons. The van der Waals surface area contributed by atoms with Gasteiger partial charge < -0.3 is 5.11 Å². The van der Waals surface area contributed by atoms with E-state index in [9.17, 15) is 0 Å². The molecular weight excluding hydrogens is 104 g/mol. The summed E-state index contributed by atoms with van der Waals surface area (Å²) in [6.45, 7) is 3.40. The van der Waals surface area contributed by atoms with Gasteiger partial charge in [0.1, 0.15) is 0 Å². The quantitative estimate of drug-likeness (QED) is 0.401. The Bertz CT molecular complexity index is 86.3. The van der Waals surface area contributed by atoms with Crippen molar-refractivity contribution in [1.82, 2.24) is 0 Å². The molecule has 0 heterocycles. The second-order valence-electron chi connectivity index (χ2n) is 1.12. The van der Waals surface area contributed by atoms with Gasteiger partial charge in [-0.3, -0.25) is 0 Å². The standard InChI is InChI=1S/C5H7OSi/c1-2-5(3-6)4-7/h6H,1,3-4H2. The van der Waals surface area contributed by atoms with Crippen molar-refractivity contribution in [3.8, 4) is 0 Å². The molecule has 0 saturated heterocycles. The van der Waals surface area contributed by atoms with E-state index in [1.165, 1.54) is 0 Å². The zero-order valence-electron chi connectivity index (χ0n) is 4.07. The first-order valence-electron chi connectivity index (χ1n) is 1.98. The lowest BCUT2D eigenvalue weighted by atomic mass is 10.3. The SMILES string of the molecule is C=C=C(CO)C[Si]. The van der Waals surface area contributed by atoms with Crippen LogP contribution in [-0.4, -0.2) is 22.0 Å². The Morgan fingerprint density at radius 1 is 1.86 bits per heavy atom. The Labute approximate surface area is 46.8 Å². The molecule has 7 heavy (non-hydrogen) atoms. The molecule has 2 heteroatoms. The highest BCUT2D eigenvalue weighted by Crippen LogP contribution is 1.91. The van der Waals surface area contributed by atoms with Gasteiger partial charge in [0.25, 0.3) is 0 Å². The second-order valence-corrected chi connectivity index (χ2v) is 1.47. The van der Waals surface area contributed by atoms with E-state index < -0.39 is 0 Å². The van der Waals surface area contributed by atoms with Crippen LogP contribution >= 0.6 is 0 Å². The van der Waals surface area contributed by atoms with E-state index in [0.29, 0.717) is 6.04 Å². The summed E-state index contributed by atoms with van der Waals surface area (Å²) in [5.41, 5.74) is 3.36. The molecule has 0 rings (SSSR count). The maximum absolute atomic E-state index is 8.36. The molecule has 0 bridgehead atoms. The maximum atomic E-state index is 8.36. The van der Waals surface area contributed by atoms with E-state index in [4.69, 9.17) is 5.11 Å². The maximum Gasteiger partial charge on any atom is 0.0712 e. The molecule has 0 aromatic carbocycles. The van der Waals surface area contributed by atoms with Gasteiger partial charge in [0.05, 0.1) is 6.61 Å². The number of rotatable bonds is 2. The number of hydrogen-bond acceptors (Lipinski definition) is 1. The van der Waals surface area contributed by atoms with Crippen LogP contribution in [0, 0.1) is 0 Å². The molecule has 0 aliphatic rings. The van der Waals surface area contributed by atoms with Crippen LogP contribution in [0.3, 0.4) is 0 Å². The van der Waals surface area contributed by atoms with Gasteiger partial charge in [0.2, 0.25) is 0 Å². The predicted octanol–water partition coefficient (Wildman–Crippen LogP) is 0.277. The minimum Gasteiger partial charge on any atom is -0.391 e. The van der Waals surface area contributed by atoms with Gasteiger partial charge in [-0.05, 0) is 11.6 Å². The number of hydrogen-bond donors (Lipinski definition) is 1. The van der Waals surface area contributed by atoms with E-state index in [2.05, 4.69) is 22.6 Å². The molecular formula is C5H7OSi. The van der Waals surface area contributed by atoms with Crippen molar-refractivity contribution < 1.29 is 5.11 Å². The van der Waals surface area contributed by atoms with E-state index in [0.717, 1.165) is 5.57 Å². The van der Waals surface area contributed by atoms with E-state index in [-0.39, 0.29) is 6.61 Å².